The lowest BCUT2D eigenvalue weighted by molar-refractivity contribution is 0.0971. The molecule has 76 valence electrons. The zero-order valence-corrected chi connectivity index (χ0v) is 8.55. The van der Waals surface area contributed by atoms with E-state index in [4.69, 9.17) is 0 Å². The molecule has 0 saturated carbocycles. The Morgan fingerprint density at radius 3 is 2.67 bits per heavy atom. The molecule has 0 aliphatic carbocycles. The summed E-state index contributed by atoms with van der Waals surface area (Å²) in [5.41, 5.74) is 1.74. The molecule has 0 aliphatic rings. The molecular formula is C12H12N2O. The minimum absolute atomic E-state index is 0.108. The zero-order valence-electron chi connectivity index (χ0n) is 8.55. The first-order valence-corrected chi connectivity index (χ1v) is 4.82. The maximum atomic E-state index is 11.8. The maximum Gasteiger partial charge on any atom is 0.182 e. The molecule has 0 saturated heterocycles. The number of benzene rings is 1. The van der Waals surface area contributed by atoms with Gasteiger partial charge in [-0.3, -0.25) is 4.79 Å². The van der Waals surface area contributed by atoms with E-state index in [1.807, 2.05) is 41.8 Å². The lowest BCUT2D eigenvalue weighted by atomic mass is 10.1. The quantitative estimate of drug-likeness (QED) is 0.711. The van der Waals surface area contributed by atoms with Crippen LogP contribution in [0, 0.1) is 6.92 Å². The summed E-state index contributed by atoms with van der Waals surface area (Å²) in [5, 5.41) is 0. The summed E-state index contributed by atoms with van der Waals surface area (Å²) in [6, 6.07) is 9.30. The third kappa shape index (κ3) is 2.13. The predicted octanol–water partition coefficient (Wildman–Crippen LogP) is 2.07. The fourth-order valence-electron chi connectivity index (χ4n) is 1.42. The molecule has 1 heterocycles. The molecule has 0 bridgehead atoms. The average Bonchev–Trinajstić information content (AvgIpc) is 2.66. The van der Waals surface area contributed by atoms with Gasteiger partial charge in [-0.25, -0.2) is 4.98 Å². The van der Waals surface area contributed by atoms with Gasteiger partial charge < -0.3 is 4.57 Å². The number of Topliss-reactive ketones (excluding diaryl/α,β-unsaturated/α-hetero) is 1. The van der Waals surface area contributed by atoms with E-state index in [1.54, 1.807) is 12.5 Å². The fourth-order valence-corrected chi connectivity index (χ4v) is 1.42. The second-order valence-corrected chi connectivity index (χ2v) is 3.45. The van der Waals surface area contributed by atoms with Crippen molar-refractivity contribution in [3.63, 3.8) is 0 Å². The summed E-state index contributed by atoms with van der Waals surface area (Å²) in [7, 11) is 0. The lowest BCUT2D eigenvalue weighted by Gasteiger charge is -2.03. The van der Waals surface area contributed by atoms with E-state index in [9.17, 15) is 4.79 Å². The van der Waals surface area contributed by atoms with Gasteiger partial charge in [-0.2, -0.15) is 0 Å². The molecule has 2 aromatic rings. The van der Waals surface area contributed by atoms with Crippen LogP contribution in [0.25, 0.3) is 0 Å². The SMILES string of the molecule is Cc1cncn1CC(=O)c1ccccc1. The van der Waals surface area contributed by atoms with Crippen molar-refractivity contribution in [1.29, 1.82) is 0 Å². The summed E-state index contributed by atoms with van der Waals surface area (Å²) < 4.78 is 1.84. The van der Waals surface area contributed by atoms with Crippen LogP contribution in [0.2, 0.25) is 0 Å². The second-order valence-electron chi connectivity index (χ2n) is 3.45. The topological polar surface area (TPSA) is 34.9 Å². The molecule has 15 heavy (non-hydrogen) atoms. The van der Waals surface area contributed by atoms with E-state index < -0.39 is 0 Å². The minimum atomic E-state index is 0.108. The van der Waals surface area contributed by atoms with Gasteiger partial charge in [0.05, 0.1) is 12.9 Å². The van der Waals surface area contributed by atoms with E-state index >= 15 is 0 Å². The van der Waals surface area contributed by atoms with Crippen LogP contribution in [0.3, 0.4) is 0 Å². The first kappa shape index (κ1) is 9.65. The number of aryl methyl sites for hydroxylation is 1. The van der Waals surface area contributed by atoms with Crippen molar-refractivity contribution in [2.75, 3.05) is 0 Å². The lowest BCUT2D eigenvalue weighted by Crippen LogP contribution is -2.10. The number of carbonyl (C=O) groups is 1. The highest BCUT2D eigenvalue weighted by atomic mass is 16.1. The Labute approximate surface area is 88.4 Å². The van der Waals surface area contributed by atoms with Crippen LogP contribution in [-0.2, 0) is 6.54 Å². The van der Waals surface area contributed by atoms with Crippen molar-refractivity contribution < 1.29 is 4.79 Å². The number of ketones is 1. The summed E-state index contributed by atoms with van der Waals surface area (Å²) in [5.74, 6) is 0.108. The van der Waals surface area contributed by atoms with Gasteiger partial charge in [0, 0.05) is 17.5 Å². The van der Waals surface area contributed by atoms with Crippen molar-refractivity contribution >= 4 is 5.78 Å². The molecule has 0 amide bonds. The van der Waals surface area contributed by atoms with E-state index in [-0.39, 0.29) is 5.78 Å². The maximum absolute atomic E-state index is 11.8. The number of aromatic nitrogens is 2. The molecule has 0 atom stereocenters. The zero-order chi connectivity index (χ0) is 10.7. The largest absolute Gasteiger partial charge is 0.327 e. The summed E-state index contributed by atoms with van der Waals surface area (Å²) >= 11 is 0. The van der Waals surface area contributed by atoms with Gasteiger partial charge in [0.1, 0.15) is 0 Å². The second kappa shape index (κ2) is 4.09. The molecule has 0 radical (unpaired) electrons. The van der Waals surface area contributed by atoms with Gasteiger partial charge >= 0.3 is 0 Å². The number of hydrogen-bond acceptors (Lipinski definition) is 2. The first-order chi connectivity index (χ1) is 7.27. The van der Waals surface area contributed by atoms with Gasteiger partial charge in [-0.05, 0) is 6.92 Å². The molecule has 1 aromatic carbocycles. The minimum Gasteiger partial charge on any atom is -0.327 e. The summed E-state index contributed by atoms with van der Waals surface area (Å²) in [4.78, 5) is 15.8. The van der Waals surface area contributed by atoms with Crippen molar-refractivity contribution in [2.45, 2.75) is 13.5 Å². The Kier molecular flexibility index (Phi) is 2.63. The molecular weight excluding hydrogens is 188 g/mol. The average molecular weight is 200 g/mol. The first-order valence-electron chi connectivity index (χ1n) is 4.82. The highest BCUT2D eigenvalue weighted by molar-refractivity contribution is 5.95. The molecule has 0 fully saturated rings. The number of imidazole rings is 1. The van der Waals surface area contributed by atoms with Crippen LogP contribution >= 0.6 is 0 Å². The number of rotatable bonds is 3. The Morgan fingerprint density at radius 1 is 1.33 bits per heavy atom. The third-order valence-corrected chi connectivity index (χ3v) is 2.33. The number of carbonyl (C=O) groups excluding carboxylic acids is 1. The van der Waals surface area contributed by atoms with Crippen LogP contribution in [-0.4, -0.2) is 15.3 Å². The van der Waals surface area contributed by atoms with Crippen molar-refractivity contribution in [3.05, 3.63) is 54.1 Å². The van der Waals surface area contributed by atoms with E-state index in [2.05, 4.69) is 4.98 Å². The van der Waals surface area contributed by atoms with Crippen molar-refractivity contribution in [1.82, 2.24) is 9.55 Å². The molecule has 0 N–H and O–H groups in total. The monoisotopic (exact) mass is 200 g/mol. The van der Waals surface area contributed by atoms with Gasteiger partial charge in [0.25, 0.3) is 0 Å². The molecule has 2 rings (SSSR count). The standard InChI is InChI=1S/C12H12N2O/c1-10-7-13-9-14(10)8-12(15)11-5-3-2-4-6-11/h2-7,9H,8H2,1H3. The van der Waals surface area contributed by atoms with Crippen molar-refractivity contribution in [2.24, 2.45) is 0 Å². The van der Waals surface area contributed by atoms with Gasteiger partial charge in [0.2, 0.25) is 0 Å². The molecule has 0 aliphatic heterocycles. The number of hydrogen-bond donors (Lipinski definition) is 0. The third-order valence-electron chi connectivity index (χ3n) is 2.33. The van der Waals surface area contributed by atoms with Gasteiger partial charge in [0.15, 0.2) is 5.78 Å². The molecule has 1 aromatic heterocycles. The van der Waals surface area contributed by atoms with Gasteiger partial charge in [-0.1, -0.05) is 30.3 Å². The smallest absolute Gasteiger partial charge is 0.182 e. The van der Waals surface area contributed by atoms with Crippen LogP contribution in [0.15, 0.2) is 42.9 Å². The fraction of sp³-hybridized carbons (Fsp3) is 0.167. The highest BCUT2D eigenvalue weighted by Gasteiger charge is 2.06. The van der Waals surface area contributed by atoms with E-state index in [0.717, 1.165) is 11.3 Å². The van der Waals surface area contributed by atoms with Crippen LogP contribution in [0.4, 0.5) is 0 Å². The van der Waals surface area contributed by atoms with Gasteiger partial charge in [-0.15, -0.1) is 0 Å². The van der Waals surface area contributed by atoms with Crippen molar-refractivity contribution in [3.8, 4) is 0 Å². The normalized spacial score (nSPS) is 10.2. The predicted molar refractivity (Wildman–Crippen MR) is 57.7 cm³/mol. The van der Waals surface area contributed by atoms with E-state index in [0.29, 0.717) is 6.54 Å². The molecule has 3 heteroatoms. The van der Waals surface area contributed by atoms with E-state index in [1.165, 1.54) is 0 Å². The molecule has 0 spiro atoms. The highest BCUT2D eigenvalue weighted by Crippen LogP contribution is 2.04. The Morgan fingerprint density at radius 2 is 2.07 bits per heavy atom. The van der Waals surface area contributed by atoms with Crippen LogP contribution in [0.1, 0.15) is 16.1 Å². The van der Waals surface area contributed by atoms with Crippen LogP contribution < -0.4 is 0 Å². The Balaban J connectivity index is 2.15. The summed E-state index contributed by atoms with van der Waals surface area (Å²) in [6.07, 6.45) is 3.43. The molecule has 0 unspecified atom stereocenters. The molecule has 3 nitrogen and oxygen atoms in total. The summed E-state index contributed by atoms with van der Waals surface area (Å²) in [6.45, 7) is 2.29. The Hall–Kier alpha value is -1.90. The van der Waals surface area contributed by atoms with Crippen LogP contribution in [0.5, 0.6) is 0 Å². The Bertz CT molecular complexity index is 459. The number of nitrogens with zero attached hydrogens (tertiary/aromatic N) is 2.